The zero-order valence-electron chi connectivity index (χ0n) is 13.2. The molecule has 0 unspecified atom stereocenters. The second-order valence-electron chi connectivity index (χ2n) is 5.73. The standard InChI is InChI=1S/C17H29N3O/c1-2-10-19-11-13-20(14-12-19)17-7-5-16(6-8-17)18-9-3-4-15-21/h5-8,18,21H,2-4,9-15H2,1H3. The van der Waals surface area contributed by atoms with Crippen molar-refractivity contribution in [3.05, 3.63) is 24.3 Å². The van der Waals surface area contributed by atoms with E-state index in [2.05, 4.69) is 46.3 Å². The number of unbranched alkanes of at least 4 members (excludes halogenated alkanes) is 1. The molecule has 1 heterocycles. The second kappa shape index (κ2) is 8.90. The van der Waals surface area contributed by atoms with E-state index in [1.165, 1.54) is 37.4 Å². The van der Waals surface area contributed by atoms with Gasteiger partial charge in [0.25, 0.3) is 0 Å². The molecule has 0 atom stereocenters. The molecule has 1 saturated heterocycles. The lowest BCUT2D eigenvalue weighted by Gasteiger charge is -2.36. The van der Waals surface area contributed by atoms with Crippen molar-refractivity contribution in [1.82, 2.24) is 4.90 Å². The number of hydrogen-bond acceptors (Lipinski definition) is 4. The molecule has 4 heteroatoms. The number of nitrogens with zero attached hydrogens (tertiary/aromatic N) is 2. The maximum atomic E-state index is 8.76. The van der Waals surface area contributed by atoms with E-state index in [9.17, 15) is 0 Å². The van der Waals surface area contributed by atoms with Crippen LogP contribution in [0.4, 0.5) is 11.4 Å². The van der Waals surface area contributed by atoms with E-state index < -0.39 is 0 Å². The Morgan fingerprint density at radius 2 is 1.76 bits per heavy atom. The number of nitrogens with one attached hydrogen (secondary N) is 1. The van der Waals surface area contributed by atoms with Gasteiger partial charge in [0.2, 0.25) is 0 Å². The van der Waals surface area contributed by atoms with Crippen LogP contribution in [0.2, 0.25) is 0 Å². The number of hydrogen-bond donors (Lipinski definition) is 2. The molecule has 0 amide bonds. The van der Waals surface area contributed by atoms with Crippen molar-refractivity contribution in [3.63, 3.8) is 0 Å². The first-order valence-electron chi connectivity index (χ1n) is 8.25. The minimum absolute atomic E-state index is 0.282. The van der Waals surface area contributed by atoms with Crippen LogP contribution in [0.15, 0.2) is 24.3 Å². The van der Waals surface area contributed by atoms with Crippen LogP contribution in [0.1, 0.15) is 26.2 Å². The molecule has 0 spiro atoms. The molecule has 2 N–H and O–H groups in total. The van der Waals surface area contributed by atoms with Crippen LogP contribution in [-0.4, -0.2) is 55.9 Å². The summed E-state index contributed by atoms with van der Waals surface area (Å²) < 4.78 is 0. The fourth-order valence-corrected chi connectivity index (χ4v) is 2.81. The Balaban J connectivity index is 1.77. The van der Waals surface area contributed by atoms with Gasteiger partial charge in [-0.25, -0.2) is 0 Å². The smallest absolute Gasteiger partial charge is 0.0431 e. The van der Waals surface area contributed by atoms with Crippen molar-refractivity contribution in [2.45, 2.75) is 26.2 Å². The summed E-state index contributed by atoms with van der Waals surface area (Å²) in [6.07, 6.45) is 3.13. The summed E-state index contributed by atoms with van der Waals surface area (Å²) in [5, 5.41) is 12.2. The molecular weight excluding hydrogens is 262 g/mol. The van der Waals surface area contributed by atoms with E-state index in [1.54, 1.807) is 0 Å². The van der Waals surface area contributed by atoms with E-state index in [4.69, 9.17) is 5.11 Å². The van der Waals surface area contributed by atoms with Crippen molar-refractivity contribution >= 4 is 11.4 Å². The summed E-state index contributed by atoms with van der Waals surface area (Å²) in [6, 6.07) is 8.74. The zero-order chi connectivity index (χ0) is 14.9. The van der Waals surface area contributed by atoms with E-state index in [-0.39, 0.29) is 6.61 Å². The quantitative estimate of drug-likeness (QED) is 0.722. The molecule has 1 aliphatic rings. The minimum Gasteiger partial charge on any atom is -0.396 e. The van der Waals surface area contributed by atoms with E-state index >= 15 is 0 Å². The van der Waals surface area contributed by atoms with Gasteiger partial charge in [0.1, 0.15) is 0 Å². The highest BCUT2D eigenvalue weighted by molar-refractivity contribution is 5.55. The Hall–Kier alpha value is -1.26. The second-order valence-corrected chi connectivity index (χ2v) is 5.73. The molecule has 0 radical (unpaired) electrons. The maximum Gasteiger partial charge on any atom is 0.0431 e. The fourth-order valence-electron chi connectivity index (χ4n) is 2.81. The Kier molecular flexibility index (Phi) is 6.83. The van der Waals surface area contributed by atoms with Gasteiger partial charge in [-0.1, -0.05) is 6.92 Å². The molecular formula is C17H29N3O. The van der Waals surface area contributed by atoms with Crippen LogP contribution in [-0.2, 0) is 0 Å². The molecule has 21 heavy (non-hydrogen) atoms. The van der Waals surface area contributed by atoms with Gasteiger partial charge in [-0.05, 0) is 50.1 Å². The Bertz CT molecular complexity index is 386. The third-order valence-corrected chi connectivity index (χ3v) is 4.06. The molecule has 118 valence electrons. The van der Waals surface area contributed by atoms with Crippen molar-refractivity contribution in [2.24, 2.45) is 0 Å². The highest BCUT2D eigenvalue weighted by Gasteiger charge is 2.16. The number of rotatable bonds is 8. The summed E-state index contributed by atoms with van der Waals surface area (Å²) in [4.78, 5) is 5.02. The normalized spacial score (nSPS) is 16.2. The lowest BCUT2D eigenvalue weighted by molar-refractivity contribution is 0.258. The predicted molar refractivity (Wildman–Crippen MR) is 90.2 cm³/mol. The van der Waals surface area contributed by atoms with Crippen molar-refractivity contribution in [1.29, 1.82) is 0 Å². The zero-order valence-corrected chi connectivity index (χ0v) is 13.2. The first-order valence-corrected chi connectivity index (χ1v) is 8.25. The molecule has 1 fully saturated rings. The maximum absolute atomic E-state index is 8.76. The first-order chi connectivity index (χ1) is 10.3. The van der Waals surface area contributed by atoms with Gasteiger partial charge in [0, 0.05) is 50.7 Å². The van der Waals surface area contributed by atoms with Crippen molar-refractivity contribution in [3.8, 4) is 0 Å². The van der Waals surface area contributed by atoms with Gasteiger partial charge >= 0.3 is 0 Å². The third-order valence-electron chi connectivity index (χ3n) is 4.06. The third kappa shape index (κ3) is 5.21. The Morgan fingerprint density at radius 3 is 2.38 bits per heavy atom. The van der Waals surface area contributed by atoms with Crippen LogP contribution >= 0.6 is 0 Å². The number of aliphatic hydroxyl groups is 1. The molecule has 0 bridgehead atoms. The van der Waals surface area contributed by atoms with Gasteiger partial charge < -0.3 is 15.3 Å². The number of anilines is 2. The fraction of sp³-hybridized carbons (Fsp3) is 0.647. The largest absolute Gasteiger partial charge is 0.396 e. The molecule has 1 aliphatic heterocycles. The van der Waals surface area contributed by atoms with Gasteiger partial charge in [-0.2, -0.15) is 0 Å². The first kappa shape index (κ1) is 16.1. The topological polar surface area (TPSA) is 38.7 Å². The Morgan fingerprint density at radius 1 is 1.05 bits per heavy atom. The van der Waals surface area contributed by atoms with Crippen LogP contribution in [0.5, 0.6) is 0 Å². The number of benzene rings is 1. The van der Waals surface area contributed by atoms with Gasteiger partial charge in [-0.15, -0.1) is 0 Å². The van der Waals surface area contributed by atoms with E-state index in [1.807, 2.05) is 0 Å². The minimum atomic E-state index is 0.282. The summed E-state index contributed by atoms with van der Waals surface area (Å²) in [5.41, 5.74) is 2.49. The monoisotopic (exact) mass is 291 g/mol. The van der Waals surface area contributed by atoms with Crippen LogP contribution < -0.4 is 10.2 Å². The van der Waals surface area contributed by atoms with E-state index in [0.29, 0.717) is 0 Å². The highest BCUT2D eigenvalue weighted by Crippen LogP contribution is 2.19. The number of piperazine rings is 1. The molecule has 1 aromatic rings. The molecule has 4 nitrogen and oxygen atoms in total. The Labute approximate surface area is 128 Å². The summed E-state index contributed by atoms with van der Waals surface area (Å²) in [7, 11) is 0. The number of aliphatic hydroxyl groups excluding tert-OH is 1. The molecule has 0 aromatic heterocycles. The average Bonchev–Trinajstić information content (AvgIpc) is 2.53. The molecule has 0 saturated carbocycles. The summed E-state index contributed by atoms with van der Waals surface area (Å²) in [5.74, 6) is 0. The predicted octanol–water partition coefficient (Wildman–Crippen LogP) is 2.40. The molecule has 0 aliphatic carbocycles. The average molecular weight is 291 g/mol. The van der Waals surface area contributed by atoms with Crippen LogP contribution in [0.25, 0.3) is 0 Å². The van der Waals surface area contributed by atoms with Crippen LogP contribution in [0, 0.1) is 0 Å². The highest BCUT2D eigenvalue weighted by atomic mass is 16.2. The van der Waals surface area contributed by atoms with Gasteiger partial charge in [0.05, 0.1) is 0 Å². The molecule has 2 rings (SSSR count). The SMILES string of the molecule is CCCN1CCN(c2ccc(NCCCCO)cc2)CC1. The summed E-state index contributed by atoms with van der Waals surface area (Å²) >= 11 is 0. The van der Waals surface area contributed by atoms with Gasteiger partial charge in [0.15, 0.2) is 0 Å². The molecule has 1 aromatic carbocycles. The van der Waals surface area contributed by atoms with Crippen molar-refractivity contribution < 1.29 is 5.11 Å². The summed E-state index contributed by atoms with van der Waals surface area (Å²) in [6.45, 7) is 9.29. The van der Waals surface area contributed by atoms with Crippen molar-refractivity contribution in [2.75, 3.05) is 56.1 Å². The lowest BCUT2D eigenvalue weighted by Crippen LogP contribution is -2.46. The van der Waals surface area contributed by atoms with Gasteiger partial charge in [-0.3, -0.25) is 4.90 Å². The van der Waals surface area contributed by atoms with E-state index in [0.717, 1.165) is 32.5 Å². The lowest BCUT2D eigenvalue weighted by atomic mass is 10.2. The van der Waals surface area contributed by atoms with Crippen LogP contribution in [0.3, 0.4) is 0 Å².